The highest BCUT2D eigenvalue weighted by molar-refractivity contribution is 7.80. The Morgan fingerprint density at radius 2 is 1.71 bits per heavy atom. The van der Waals surface area contributed by atoms with Crippen LogP contribution in [0.15, 0.2) is 71.7 Å². The van der Waals surface area contributed by atoms with Crippen LogP contribution in [0.25, 0.3) is 0 Å². The molecule has 1 atom stereocenters. The molecule has 1 aliphatic heterocycles. The monoisotopic (exact) mass is 536 g/mol. The number of fused-ring (bicyclic) bond motifs is 1. The molecule has 3 aromatic carbocycles. The van der Waals surface area contributed by atoms with Crippen molar-refractivity contribution in [3.8, 4) is 0 Å². The van der Waals surface area contributed by atoms with E-state index in [0.717, 1.165) is 12.1 Å². The average molecular weight is 537 g/mol. The first-order valence-corrected chi connectivity index (χ1v) is 11.4. The number of carbonyl (C=O) groups is 1. The highest BCUT2D eigenvalue weighted by Gasteiger charge is 2.32. The van der Waals surface area contributed by atoms with E-state index in [1.807, 2.05) is 0 Å². The number of benzodiazepines with no additional fused rings is 1. The van der Waals surface area contributed by atoms with Gasteiger partial charge in [0.1, 0.15) is 0 Å². The van der Waals surface area contributed by atoms with Crippen molar-refractivity contribution < 1.29 is 18.0 Å². The summed E-state index contributed by atoms with van der Waals surface area (Å²) >= 11 is 18.0. The SMILES string of the molecule is CN1C(=O)C(NC(=S)Nc2ccc(C(F)(F)F)cc2)N=C(c2ccccc2Cl)c2cc(Cl)ccc21. The number of rotatable bonds is 3. The molecule has 0 aromatic heterocycles. The Bertz CT molecular complexity index is 1330. The molecule has 0 aliphatic carbocycles. The van der Waals surface area contributed by atoms with Crippen LogP contribution >= 0.6 is 35.4 Å². The van der Waals surface area contributed by atoms with E-state index in [-0.39, 0.29) is 5.11 Å². The summed E-state index contributed by atoms with van der Waals surface area (Å²) in [7, 11) is 1.60. The number of aliphatic imine (C=N–C) groups is 1. The van der Waals surface area contributed by atoms with Gasteiger partial charge >= 0.3 is 6.18 Å². The molecule has 0 fully saturated rings. The van der Waals surface area contributed by atoms with Crippen LogP contribution < -0.4 is 15.5 Å². The first-order chi connectivity index (χ1) is 16.5. The molecule has 5 nitrogen and oxygen atoms in total. The molecule has 1 unspecified atom stereocenters. The highest BCUT2D eigenvalue weighted by Crippen LogP contribution is 2.32. The Hall–Kier alpha value is -3.14. The molecular weight excluding hydrogens is 520 g/mol. The summed E-state index contributed by atoms with van der Waals surface area (Å²) in [4.78, 5) is 19.3. The van der Waals surface area contributed by atoms with Crippen molar-refractivity contribution in [1.29, 1.82) is 0 Å². The van der Waals surface area contributed by atoms with Crippen LogP contribution in [0.1, 0.15) is 16.7 Å². The van der Waals surface area contributed by atoms with Gasteiger partial charge in [-0.15, -0.1) is 0 Å². The van der Waals surface area contributed by atoms with Gasteiger partial charge in [-0.2, -0.15) is 13.2 Å². The largest absolute Gasteiger partial charge is 0.416 e. The minimum absolute atomic E-state index is 0.00255. The average Bonchev–Trinajstić information content (AvgIpc) is 2.89. The Morgan fingerprint density at radius 1 is 1.03 bits per heavy atom. The standard InChI is InChI=1S/C24H17Cl2F3N4OS/c1-33-19-11-8-14(25)12-17(19)20(16-4-2-3-5-18(16)26)31-21(22(33)34)32-23(35)30-15-9-6-13(7-10-15)24(27,28)29/h2-12,21H,1H3,(H2,30,32,35). The van der Waals surface area contributed by atoms with Crippen LogP contribution in [-0.2, 0) is 11.0 Å². The number of anilines is 2. The maximum atomic E-state index is 13.3. The maximum absolute atomic E-state index is 13.3. The smallest absolute Gasteiger partial charge is 0.333 e. The zero-order chi connectivity index (χ0) is 25.3. The molecule has 3 aromatic rings. The molecule has 0 spiro atoms. The van der Waals surface area contributed by atoms with Crippen molar-refractivity contribution in [2.24, 2.45) is 4.99 Å². The van der Waals surface area contributed by atoms with Gasteiger partial charge in [-0.05, 0) is 60.7 Å². The van der Waals surface area contributed by atoms with E-state index in [1.54, 1.807) is 49.5 Å². The van der Waals surface area contributed by atoms with E-state index < -0.39 is 23.8 Å². The van der Waals surface area contributed by atoms with Crippen molar-refractivity contribution >= 4 is 63.5 Å². The Balaban J connectivity index is 1.67. The van der Waals surface area contributed by atoms with Gasteiger partial charge in [0.2, 0.25) is 6.17 Å². The predicted octanol–water partition coefficient (Wildman–Crippen LogP) is 6.14. The highest BCUT2D eigenvalue weighted by atomic mass is 35.5. The molecule has 4 rings (SSSR count). The fourth-order valence-electron chi connectivity index (χ4n) is 3.54. The third-order valence-corrected chi connectivity index (χ3v) is 6.05. The number of amides is 1. The molecule has 0 saturated carbocycles. The number of carbonyl (C=O) groups excluding carboxylic acids is 1. The van der Waals surface area contributed by atoms with Crippen molar-refractivity contribution in [2.75, 3.05) is 17.3 Å². The third kappa shape index (κ3) is 5.42. The lowest BCUT2D eigenvalue weighted by molar-refractivity contribution is -0.137. The number of hydrogen-bond acceptors (Lipinski definition) is 3. The van der Waals surface area contributed by atoms with Gasteiger partial charge < -0.3 is 15.5 Å². The number of nitrogens with zero attached hydrogens (tertiary/aromatic N) is 2. The van der Waals surface area contributed by atoms with Crippen LogP contribution in [0.5, 0.6) is 0 Å². The van der Waals surface area contributed by atoms with Gasteiger partial charge in [0.05, 0.1) is 17.0 Å². The van der Waals surface area contributed by atoms with Crippen molar-refractivity contribution in [3.05, 3.63) is 93.5 Å². The van der Waals surface area contributed by atoms with Gasteiger partial charge in [0, 0.05) is 33.9 Å². The van der Waals surface area contributed by atoms with Gasteiger partial charge in [-0.3, -0.25) is 4.79 Å². The maximum Gasteiger partial charge on any atom is 0.416 e. The van der Waals surface area contributed by atoms with Crippen molar-refractivity contribution in [3.63, 3.8) is 0 Å². The summed E-state index contributed by atoms with van der Waals surface area (Å²) in [6.45, 7) is 0. The molecule has 180 valence electrons. The topological polar surface area (TPSA) is 56.7 Å². The number of likely N-dealkylation sites (N-methyl/N-ethyl adjacent to an activating group) is 1. The van der Waals surface area contributed by atoms with E-state index in [4.69, 9.17) is 35.4 Å². The number of alkyl halides is 3. The normalized spacial score (nSPS) is 15.7. The summed E-state index contributed by atoms with van der Waals surface area (Å²) in [5.74, 6) is -0.410. The van der Waals surface area contributed by atoms with Gasteiger partial charge in [-0.25, -0.2) is 4.99 Å². The summed E-state index contributed by atoms with van der Waals surface area (Å²) in [6.07, 6.45) is -5.59. The molecule has 35 heavy (non-hydrogen) atoms. The lowest BCUT2D eigenvalue weighted by Crippen LogP contribution is -2.47. The Labute approximate surface area is 214 Å². The fraction of sp³-hybridized carbons (Fsp3) is 0.125. The first-order valence-electron chi connectivity index (χ1n) is 10.2. The van der Waals surface area contributed by atoms with Gasteiger partial charge in [0.15, 0.2) is 5.11 Å². The Morgan fingerprint density at radius 3 is 2.37 bits per heavy atom. The number of hydrogen-bond donors (Lipinski definition) is 2. The zero-order valence-corrected chi connectivity index (χ0v) is 20.4. The first kappa shape index (κ1) is 25.0. The van der Waals surface area contributed by atoms with Crippen LogP contribution in [0.2, 0.25) is 10.0 Å². The van der Waals surface area contributed by atoms with Crippen LogP contribution in [0.3, 0.4) is 0 Å². The third-order valence-electron chi connectivity index (χ3n) is 5.26. The molecule has 1 aliphatic rings. The van der Waals surface area contributed by atoms with Crippen molar-refractivity contribution in [1.82, 2.24) is 5.32 Å². The number of halogens is 5. The number of nitrogens with one attached hydrogen (secondary N) is 2. The minimum Gasteiger partial charge on any atom is -0.333 e. The molecule has 0 radical (unpaired) electrons. The summed E-state index contributed by atoms with van der Waals surface area (Å²) in [6, 6.07) is 16.5. The lowest BCUT2D eigenvalue weighted by atomic mass is 10.00. The molecule has 11 heteroatoms. The molecule has 1 heterocycles. The molecule has 2 N–H and O–H groups in total. The van der Waals surface area contributed by atoms with E-state index in [2.05, 4.69) is 15.6 Å². The van der Waals surface area contributed by atoms with E-state index in [0.29, 0.717) is 38.3 Å². The van der Waals surface area contributed by atoms with Crippen LogP contribution in [-0.4, -0.2) is 29.9 Å². The molecular formula is C24H17Cl2F3N4OS. The molecule has 0 bridgehead atoms. The van der Waals surface area contributed by atoms with Crippen molar-refractivity contribution in [2.45, 2.75) is 12.3 Å². The zero-order valence-electron chi connectivity index (χ0n) is 18.0. The molecule has 0 saturated heterocycles. The van der Waals surface area contributed by atoms with E-state index >= 15 is 0 Å². The number of benzene rings is 3. The Kier molecular flexibility index (Phi) is 7.02. The van der Waals surface area contributed by atoms with E-state index in [1.165, 1.54) is 17.0 Å². The summed E-state index contributed by atoms with van der Waals surface area (Å²) < 4.78 is 38.5. The van der Waals surface area contributed by atoms with E-state index in [9.17, 15) is 18.0 Å². The summed E-state index contributed by atoms with van der Waals surface area (Å²) in [5.41, 5.74) is 1.73. The number of thiocarbonyl (C=S) groups is 1. The predicted molar refractivity (Wildman–Crippen MR) is 137 cm³/mol. The second kappa shape index (κ2) is 9.85. The second-order valence-electron chi connectivity index (χ2n) is 7.59. The summed E-state index contributed by atoms with van der Waals surface area (Å²) in [5, 5.41) is 6.52. The quantitative estimate of drug-likeness (QED) is 0.395. The minimum atomic E-state index is -4.45. The second-order valence-corrected chi connectivity index (χ2v) is 8.84. The van der Waals surface area contributed by atoms with Gasteiger partial charge in [-0.1, -0.05) is 41.4 Å². The fourth-order valence-corrected chi connectivity index (χ4v) is 4.17. The van der Waals surface area contributed by atoms with Crippen LogP contribution in [0, 0.1) is 0 Å². The van der Waals surface area contributed by atoms with Gasteiger partial charge in [0.25, 0.3) is 5.91 Å². The molecule has 1 amide bonds. The van der Waals surface area contributed by atoms with Crippen LogP contribution in [0.4, 0.5) is 24.5 Å². The lowest BCUT2D eigenvalue weighted by Gasteiger charge is -2.22.